The lowest BCUT2D eigenvalue weighted by molar-refractivity contribution is -0.121. The van der Waals surface area contributed by atoms with Gasteiger partial charge in [-0.05, 0) is 35.4 Å². The molecule has 1 heterocycles. The van der Waals surface area contributed by atoms with Crippen molar-refractivity contribution in [3.8, 4) is 11.4 Å². The van der Waals surface area contributed by atoms with Crippen molar-refractivity contribution in [1.29, 1.82) is 0 Å². The van der Waals surface area contributed by atoms with Crippen LogP contribution < -0.4 is 21.3 Å². The third-order valence-electron chi connectivity index (χ3n) is 5.89. The van der Waals surface area contributed by atoms with E-state index >= 15 is 0 Å². The van der Waals surface area contributed by atoms with Gasteiger partial charge in [0, 0.05) is 49.8 Å². The number of anilines is 2. The molecular formula is C30H31ClN6O2. The highest BCUT2D eigenvalue weighted by Gasteiger charge is 2.22. The van der Waals surface area contributed by atoms with Crippen LogP contribution in [0.5, 0.6) is 0 Å². The van der Waals surface area contributed by atoms with E-state index < -0.39 is 5.92 Å². The molecule has 0 bridgehead atoms. The van der Waals surface area contributed by atoms with Crippen molar-refractivity contribution < 1.29 is 9.59 Å². The minimum Gasteiger partial charge on any atom is -0.368 e. The fourth-order valence-electron chi connectivity index (χ4n) is 4.05. The predicted molar refractivity (Wildman–Crippen MR) is 156 cm³/mol. The molecule has 0 aliphatic heterocycles. The number of carbonyl (C=O) groups is 2. The molecule has 4 rings (SSSR count). The molecule has 0 aliphatic carbocycles. The number of halogens is 1. The van der Waals surface area contributed by atoms with Gasteiger partial charge in [-0.3, -0.25) is 9.59 Å². The molecule has 1 aromatic heterocycles. The van der Waals surface area contributed by atoms with Crippen molar-refractivity contribution in [1.82, 2.24) is 20.6 Å². The maximum absolute atomic E-state index is 13.3. The minimum absolute atomic E-state index is 0.0703. The van der Waals surface area contributed by atoms with Crippen LogP contribution in [-0.2, 0) is 9.59 Å². The Morgan fingerprint density at radius 1 is 0.718 bits per heavy atom. The van der Waals surface area contributed by atoms with Gasteiger partial charge in [-0.1, -0.05) is 72.3 Å². The van der Waals surface area contributed by atoms with E-state index in [-0.39, 0.29) is 11.8 Å². The van der Waals surface area contributed by atoms with Crippen LogP contribution in [0.15, 0.2) is 91.0 Å². The first-order valence-electron chi connectivity index (χ1n) is 12.7. The standard InChI is InChI=1S/C30H31ClN6O2/c1-21(38)32-16-17-33-26-20-27(37-29(36-26)24-12-14-25(31)15-13-24)34-18-19-35-30(39)28(22-8-4-2-5-9-22)23-10-6-3-7-11-23/h2-15,20,28H,16-19H2,1H3,(H,32,38)(H,35,39)(H2,33,34,36,37). The first-order chi connectivity index (χ1) is 19.0. The maximum atomic E-state index is 13.3. The highest BCUT2D eigenvalue weighted by atomic mass is 35.5. The van der Waals surface area contributed by atoms with Crippen LogP contribution in [0.2, 0.25) is 5.02 Å². The summed E-state index contributed by atoms with van der Waals surface area (Å²) < 4.78 is 0. The molecule has 3 aromatic carbocycles. The summed E-state index contributed by atoms with van der Waals surface area (Å²) in [5.74, 6) is 1.18. The Kier molecular flexibility index (Phi) is 9.85. The van der Waals surface area contributed by atoms with Gasteiger partial charge in [0.2, 0.25) is 11.8 Å². The zero-order valence-corrected chi connectivity index (χ0v) is 22.4. The second-order valence-corrected chi connectivity index (χ2v) is 9.29. The van der Waals surface area contributed by atoms with Gasteiger partial charge in [-0.15, -0.1) is 0 Å². The highest BCUT2D eigenvalue weighted by Crippen LogP contribution is 2.25. The highest BCUT2D eigenvalue weighted by molar-refractivity contribution is 6.30. The van der Waals surface area contributed by atoms with Gasteiger partial charge in [0.05, 0.1) is 5.92 Å². The lowest BCUT2D eigenvalue weighted by atomic mass is 9.90. The Balaban J connectivity index is 1.42. The van der Waals surface area contributed by atoms with Gasteiger partial charge in [0.25, 0.3) is 0 Å². The average Bonchev–Trinajstić information content (AvgIpc) is 2.95. The molecule has 4 N–H and O–H groups in total. The van der Waals surface area contributed by atoms with Crippen molar-refractivity contribution in [2.75, 3.05) is 36.8 Å². The number of benzene rings is 3. The van der Waals surface area contributed by atoms with Crippen LogP contribution in [0, 0.1) is 0 Å². The van der Waals surface area contributed by atoms with Crippen LogP contribution in [0.4, 0.5) is 11.6 Å². The predicted octanol–water partition coefficient (Wildman–Crippen LogP) is 4.71. The topological polar surface area (TPSA) is 108 Å². The van der Waals surface area contributed by atoms with Crippen molar-refractivity contribution in [2.45, 2.75) is 12.8 Å². The summed E-state index contributed by atoms with van der Waals surface area (Å²) in [7, 11) is 0. The van der Waals surface area contributed by atoms with Crippen molar-refractivity contribution in [3.63, 3.8) is 0 Å². The second-order valence-electron chi connectivity index (χ2n) is 8.85. The molecule has 0 atom stereocenters. The van der Waals surface area contributed by atoms with Crippen LogP contribution >= 0.6 is 11.6 Å². The van der Waals surface area contributed by atoms with Gasteiger partial charge in [0.15, 0.2) is 5.82 Å². The van der Waals surface area contributed by atoms with E-state index in [4.69, 9.17) is 11.6 Å². The SMILES string of the molecule is CC(=O)NCCNc1cc(NCCNC(=O)C(c2ccccc2)c2ccccc2)nc(-c2ccc(Cl)cc2)n1. The van der Waals surface area contributed by atoms with Gasteiger partial charge in [0.1, 0.15) is 11.6 Å². The molecule has 200 valence electrons. The Morgan fingerprint density at radius 3 is 1.74 bits per heavy atom. The zero-order valence-electron chi connectivity index (χ0n) is 21.7. The van der Waals surface area contributed by atoms with Gasteiger partial charge >= 0.3 is 0 Å². The maximum Gasteiger partial charge on any atom is 0.232 e. The van der Waals surface area contributed by atoms with Crippen molar-refractivity contribution in [3.05, 3.63) is 107 Å². The molecule has 0 spiro atoms. The summed E-state index contributed by atoms with van der Waals surface area (Å²) in [6.45, 7) is 3.32. The van der Waals surface area contributed by atoms with E-state index in [1.165, 1.54) is 6.92 Å². The van der Waals surface area contributed by atoms with Crippen LogP contribution in [0.1, 0.15) is 24.0 Å². The first kappa shape index (κ1) is 27.6. The summed E-state index contributed by atoms with van der Waals surface area (Å²) >= 11 is 6.05. The Labute approximate surface area is 233 Å². The van der Waals surface area contributed by atoms with E-state index in [9.17, 15) is 9.59 Å². The minimum atomic E-state index is -0.401. The largest absolute Gasteiger partial charge is 0.368 e. The number of rotatable bonds is 12. The van der Waals surface area contributed by atoms with E-state index in [2.05, 4.69) is 31.2 Å². The number of hydrogen-bond acceptors (Lipinski definition) is 6. The normalized spacial score (nSPS) is 10.6. The molecule has 0 aliphatic rings. The fraction of sp³-hybridized carbons (Fsp3) is 0.200. The monoisotopic (exact) mass is 542 g/mol. The number of aromatic nitrogens is 2. The first-order valence-corrected chi connectivity index (χ1v) is 13.1. The second kappa shape index (κ2) is 13.9. The van der Waals surface area contributed by atoms with Crippen molar-refractivity contribution in [2.24, 2.45) is 0 Å². The lowest BCUT2D eigenvalue weighted by Crippen LogP contribution is -2.33. The molecule has 0 saturated heterocycles. The van der Waals surface area contributed by atoms with Crippen molar-refractivity contribution >= 4 is 35.1 Å². The molecule has 8 nitrogen and oxygen atoms in total. The quantitative estimate of drug-likeness (QED) is 0.193. The molecule has 2 amide bonds. The van der Waals surface area contributed by atoms with Crippen LogP contribution in [0.25, 0.3) is 11.4 Å². The lowest BCUT2D eigenvalue weighted by Gasteiger charge is -2.18. The smallest absolute Gasteiger partial charge is 0.232 e. The zero-order chi connectivity index (χ0) is 27.5. The average molecular weight is 543 g/mol. The Morgan fingerprint density at radius 2 is 1.23 bits per heavy atom. The summed E-state index contributed by atoms with van der Waals surface area (Å²) in [5, 5.41) is 12.9. The third kappa shape index (κ3) is 8.28. The van der Waals surface area contributed by atoms with Gasteiger partial charge in [-0.25, -0.2) is 9.97 Å². The van der Waals surface area contributed by atoms with Crippen LogP contribution in [-0.4, -0.2) is 48.0 Å². The number of hydrogen-bond donors (Lipinski definition) is 4. The van der Waals surface area contributed by atoms with E-state index in [1.807, 2.05) is 72.8 Å². The molecule has 4 aromatic rings. The summed E-state index contributed by atoms with van der Waals surface area (Å²) in [5.41, 5.74) is 2.69. The third-order valence-corrected chi connectivity index (χ3v) is 6.14. The number of carbonyl (C=O) groups excluding carboxylic acids is 2. The molecule has 39 heavy (non-hydrogen) atoms. The summed E-state index contributed by atoms with van der Waals surface area (Å²) in [6, 6.07) is 28.6. The van der Waals surface area contributed by atoms with Gasteiger partial charge < -0.3 is 21.3 Å². The molecule has 0 fully saturated rings. The molecule has 0 saturated carbocycles. The number of nitrogens with one attached hydrogen (secondary N) is 4. The van der Waals surface area contributed by atoms with E-state index in [1.54, 1.807) is 18.2 Å². The van der Waals surface area contributed by atoms with Crippen LogP contribution in [0.3, 0.4) is 0 Å². The van der Waals surface area contributed by atoms with Gasteiger partial charge in [-0.2, -0.15) is 0 Å². The Hall–Kier alpha value is -4.43. The fourth-order valence-corrected chi connectivity index (χ4v) is 4.18. The molecule has 0 unspecified atom stereocenters. The number of amides is 2. The summed E-state index contributed by atoms with van der Waals surface area (Å²) in [6.07, 6.45) is 0. The van der Waals surface area contributed by atoms with E-state index in [0.29, 0.717) is 48.7 Å². The summed E-state index contributed by atoms with van der Waals surface area (Å²) in [4.78, 5) is 33.7. The van der Waals surface area contributed by atoms with E-state index in [0.717, 1.165) is 16.7 Å². The Bertz CT molecular complexity index is 1330. The number of nitrogens with zero attached hydrogens (tertiary/aromatic N) is 2. The molecule has 9 heteroatoms. The molecule has 0 radical (unpaired) electrons. The molecular weight excluding hydrogens is 512 g/mol.